The molecule has 0 fully saturated rings. The molecule has 3 aromatic carbocycles. The van der Waals surface area contributed by atoms with Crippen molar-refractivity contribution >= 4 is 85.9 Å². The molecule has 0 aliphatic carbocycles. The van der Waals surface area contributed by atoms with Crippen LogP contribution in [-0.2, 0) is 8.98 Å². The van der Waals surface area contributed by atoms with Gasteiger partial charge in [0, 0.05) is 14.9 Å². The van der Waals surface area contributed by atoms with E-state index in [9.17, 15) is 88.2 Å². The summed E-state index contributed by atoms with van der Waals surface area (Å²) in [5.74, 6) is -95.9. The highest BCUT2D eigenvalue weighted by molar-refractivity contribution is 8.30. The van der Waals surface area contributed by atoms with Crippen LogP contribution in [0.4, 0.5) is 101 Å². The lowest BCUT2D eigenvalue weighted by Crippen LogP contribution is -2.78. The van der Waals surface area contributed by atoms with Gasteiger partial charge >= 0.3 is 71.4 Å². The smallest absolute Gasteiger partial charge is 0.397 e. The van der Waals surface area contributed by atoms with E-state index in [1.807, 2.05) is 0 Å². The van der Waals surface area contributed by atoms with E-state index < -0.39 is 127 Å². The minimum atomic E-state index is -9.65. The van der Waals surface area contributed by atoms with Gasteiger partial charge in [0.05, 0.1) is 29.9 Å². The Hall–Kier alpha value is -2.39. The molecule has 0 atom stereocenters. The Morgan fingerprint density at radius 3 is 0.935 bits per heavy atom. The number of halogens is 29. The lowest BCUT2D eigenvalue weighted by Gasteiger charge is -2.45. The van der Waals surface area contributed by atoms with Crippen molar-refractivity contribution in [2.45, 2.75) is 80.1 Å². The zero-order valence-electron chi connectivity index (χ0n) is 27.9. The van der Waals surface area contributed by atoms with Crippen molar-refractivity contribution in [2.75, 3.05) is 0 Å². The Morgan fingerprint density at radius 2 is 0.661 bits per heavy atom. The first kappa shape index (κ1) is 53.9. The fraction of sp³-hybridized carbons (Fsp3) is 0.367. The van der Waals surface area contributed by atoms with E-state index in [0.29, 0.717) is 36.4 Å². The first-order chi connectivity index (χ1) is 27.4. The lowest BCUT2D eigenvalue weighted by atomic mass is 9.85. The van der Waals surface area contributed by atoms with Gasteiger partial charge in [0.1, 0.15) is 0 Å². The van der Waals surface area contributed by atoms with Gasteiger partial charge in [-0.3, -0.25) is 0 Å². The van der Waals surface area contributed by atoms with Crippen molar-refractivity contribution < 1.29 is 110 Å². The average Bonchev–Trinajstić information content (AvgIpc) is 3.09. The molecule has 0 amide bonds. The summed E-state index contributed by atoms with van der Waals surface area (Å²) in [7, 11) is -5.14. The first-order valence-corrected chi connectivity index (χ1v) is 18.5. The van der Waals surface area contributed by atoms with Gasteiger partial charge in [0.25, 0.3) is 0 Å². The quantitative estimate of drug-likeness (QED) is 0.150. The molecule has 3 rings (SSSR count). The maximum absolute atomic E-state index is 15.5. The monoisotopic (exact) mass is 1080 g/mol. The number of carbonyl (C=O) groups is 1. The highest BCUT2D eigenvalue weighted by atomic mass is 35.5. The predicted octanol–water partition coefficient (Wildman–Crippen LogP) is 16.3. The predicted molar refractivity (Wildman–Crippen MR) is 173 cm³/mol. The molecule has 0 aliphatic rings. The second-order valence-corrected chi connectivity index (χ2v) is 16.9. The van der Waals surface area contributed by atoms with Crippen LogP contribution < -0.4 is 0 Å². The highest BCUT2D eigenvalue weighted by Gasteiger charge is 2.99. The Kier molecular flexibility index (Phi) is 14.1. The number of rotatable bonds is 14. The summed E-state index contributed by atoms with van der Waals surface area (Å²) in [5.41, 5.74) is 0. The molecule has 0 bridgehead atoms. The van der Waals surface area contributed by atoms with Gasteiger partial charge in [-0.25, -0.2) is 4.79 Å². The zero-order valence-corrected chi connectivity index (χ0v) is 33.2. The Balaban J connectivity index is 2.37. The molecule has 2 nitrogen and oxygen atoms in total. The molecule has 0 radical (unpaired) electrons. The normalized spacial score (nSPS) is 15.2. The summed E-state index contributed by atoms with van der Waals surface area (Å²) in [5, 5.41) is -4.85. The molecule has 350 valence electrons. The van der Waals surface area contributed by atoms with E-state index in [4.69, 9.17) is 69.6 Å². The van der Waals surface area contributed by atoms with Crippen molar-refractivity contribution in [2.24, 2.45) is 0 Å². The maximum Gasteiger partial charge on any atom is 0.460 e. The third kappa shape index (κ3) is 7.53. The van der Waals surface area contributed by atoms with Crippen LogP contribution in [0.25, 0.3) is 0 Å². The summed E-state index contributed by atoms with van der Waals surface area (Å²) < 4.78 is 329. The van der Waals surface area contributed by atoms with Crippen molar-refractivity contribution in [3.63, 3.8) is 0 Å². The molecule has 62 heavy (non-hydrogen) atoms. The fourth-order valence-corrected chi connectivity index (χ4v) is 10.8. The molecule has 3 aromatic rings. The van der Waals surface area contributed by atoms with E-state index in [-0.39, 0.29) is 0 Å². The van der Waals surface area contributed by atoms with E-state index >= 15 is 17.6 Å². The maximum atomic E-state index is 15.5. The summed E-state index contributed by atoms with van der Waals surface area (Å²) in [6.45, 7) is 0. The Morgan fingerprint density at radius 1 is 0.403 bits per heavy atom. The number of alkyl halides is 23. The van der Waals surface area contributed by atoms with Gasteiger partial charge in [-0.1, -0.05) is 87.8 Å². The first-order valence-electron chi connectivity index (χ1n) is 14.6. The SMILES string of the molecule is O=C(OS(c1ccccc1)(c1c(Cl)cc(Cl)cc1Cl)c1c(Cl)cc(Cl)cc1Cl)C(F)(F)C(F)(F)C(F)(F)C(F)(F)C(F)(F)C(F)(F)C(F)(F)C(F)(F)C(F)(F)C(F)(F)C(F)(F)F. The molecule has 0 aliphatic heterocycles. The van der Waals surface area contributed by atoms with Crippen molar-refractivity contribution in [3.8, 4) is 0 Å². The van der Waals surface area contributed by atoms with Crippen LogP contribution in [-0.4, -0.2) is 71.4 Å². The summed E-state index contributed by atoms with van der Waals surface area (Å²) >= 11 is 36.4. The van der Waals surface area contributed by atoms with E-state index in [2.05, 4.69) is 4.18 Å². The van der Waals surface area contributed by atoms with Gasteiger partial charge in [-0.05, 0) is 46.7 Å². The molecule has 0 aromatic heterocycles. The molecular weight excluding hydrogens is 1070 g/mol. The van der Waals surface area contributed by atoms with Gasteiger partial charge in [-0.2, -0.15) is 101 Å². The van der Waals surface area contributed by atoms with E-state index in [1.165, 1.54) is 0 Å². The summed E-state index contributed by atoms with van der Waals surface area (Å²) in [6, 6.07) is 6.82. The van der Waals surface area contributed by atoms with Gasteiger partial charge in [0.2, 0.25) is 0 Å². The largest absolute Gasteiger partial charge is 0.460 e. The van der Waals surface area contributed by atoms with Crippen LogP contribution in [0.15, 0.2) is 69.3 Å². The molecule has 0 spiro atoms. The van der Waals surface area contributed by atoms with Gasteiger partial charge in [0.15, 0.2) is 0 Å². The fourth-order valence-electron chi connectivity index (χ4n) is 4.74. The summed E-state index contributed by atoms with van der Waals surface area (Å²) in [4.78, 5) is 10.1. The molecule has 0 saturated heterocycles. The van der Waals surface area contributed by atoms with E-state index in [1.54, 1.807) is 0 Å². The number of hydrogen-bond donors (Lipinski definition) is 0. The third-order valence-electron chi connectivity index (χ3n) is 7.94. The van der Waals surface area contributed by atoms with Gasteiger partial charge in [-0.15, -0.1) is 0 Å². The van der Waals surface area contributed by atoms with Crippen LogP contribution in [0.3, 0.4) is 0 Å². The Bertz CT molecular complexity index is 2100. The molecule has 0 heterocycles. The van der Waals surface area contributed by atoms with Crippen LogP contribution in [0.5, 0.6) is 0 Å². The minimum Gasteiger partial charge on any atom is -0.397 e. The average molecular weight is 1080 g/mol. The van der Waals surface area contributed by atoms with E-state index in [0.717, 1.165) is 18.2 Å². The molecule has 32 heteroatoms. The third-order valence-corrected chi connectivity index (χ3v) is 13.4. The van der Waals surface area contributed by atoms with Crippen molar-refractivity contribution in [1.82, 2.24) is 0 Å². The standard InChI is InChI=1S/C30H9Cl6F23O2S/c31-10-6-13(33)17(14(34)7-10)62(12-4-2-1-3-5-12,18-15(35)8-11(32)9-16(18)36)61-19(60)20(37,38)21(39,40)22(41,42)23(43,44)24(45,46)25(47,48)26(49,50)27(51,52)28(53,54)29(55,56)30(57,58)59/h1-9H. The molecule has 0 N–H and O–H groups in total. The van der Waals surface area contributed by atoms with Crippen LogP contribution in [0, 0.1) is 0 Å². The topological polar surface area (TPSA) is 26.3 Å². The summed E-state index contributed by atoms with van der Waals surface area (Å²) in [6.07, 6.45) is -8.21. The molecular formula is C30H9Cl6F23O2S. The number of hydrogen-bond acceptors (Lipinski definition) is 2. The Labute approximate surface area is 359 Å². The van der Waals surface area contributed by atoms with Crippen molar-refractivity contribution in [3.05, 3.63) is 84.7 Å². The van der Waals surface area contributed by atoms with Gasteiger partial charge < -0.3 is 4.18 Å². The van der Waals surface area contributed by atoms with Crippen molar-refractivity contribution in [1.29, 1.82) is 0 Å². The second kappa shape index (κ2) is 16.2. The number of benzene rings is 3. The lowest BCUT2D eigenvalue weighted by molar-refractivity contribution is -0.477. The second-order valence-electron chi connectivity index (χ2n) is 11.9. The van der Waals surface area contributed by atoms with Crippen LogP contribution in [0.1, 0.15) is 0 Å². The zero-order chi connectivity index (χ0) is 48.8. The highest BCUT2D eigenvalue weighted by Crippen LogP contribution is 2.76. The van der Waals surface area contributed by atoms with Crippen LogP contribution in [0.2, 0.25) is 30.1 Å². The van der Waals surface area contributed by atoms with Crippen LogP contribution >= 0.6 is 79.9 Å². The molecule has 0 saturated carbocycles. The molecule has 0 unspecified atom stereocenters. The minimum absolute atomic E-state index is 0.484. The number of carbonyl (C=O) groups excluding carboxylic acids is 1.